The summed E-state index contributed by atoms with van der Waals surface area (Å²) < 4.78 is 5.74. The van der Waals surface area contributed by atoms with Gasteiger partial charge in [-0.3, -0.25) is 4.79 Å². The molecule has 0 radical (unpaired) electrons. The molecule has 3 rings (SSSR count). The summed E-state index contributed by atoms with van der Waals surface area (Å²) in [7, 11) is 0. The van der Waals surface area contributed by atoms with Crippen molar-refractivity contribution >= 4 is 6.29 Å². The molecule has 1 heterocycles. The van der Waals surface area contributed by atoms with Crippen molar-refractivity contribution in [2.75, 3.05) is 0 Å². The Morgan fingerprint density at radius 3 is 2.61 bits per heavy atom. The van der Waals surface area contributed by atoms with Crippen LogP contribution in [0.25, 0.3) is 0 Å². The molecule has 0 spiro atoms. The Labute approximate surface area is 105 Å². The molecule has 0 fully saturated rings. The number of ether oxygens (including phenoxy) is 1. The molecule has 1 aliphatic rings. The van der Waals surface area contributed by atoms with Gasteiger partial charge in [-0.15, -0.1) is 0 Å². The number of carbonyl (C=O) groups is 1. The van der Waals surface area contributed by atoms with Crippen LogP contribution in [0.5, 0.6) is 11.5 Å². The Morgan fingerprint density at radius 2 is 1.83 bits per heavy atom. The van der Waals surface area contributed by atoms with E-state index in [1.807, 2.05) is 18.2 Å². The molecular weight excluding hydrogens is 228 g/mol. The topological polar surface area (TPSA) is 46.5 Å². The van der Waals surface area contributed by atoms with Crippen molar-refractivity contribution < 1.29 is 14.6 Å². The van der Waals surface area contributed by atoms with Crippen molar-refractivity contribution in [2.45, 2.75) is 12.5 Å². The minimum Gasteiger partial charge on any atom is -0.457 e. The molecule has 1 aliphatic heterocycles. The molecule has 2 aromatic rings. The van der Waals surface area contributed by atoms with Gasteiger partial charge in [-0.25, -0.2) is 0 Å². The van der Waals surface area contributed by atoms with E-state index in [1.165, 1.54) is 0 Å². The maximum Gasteiger partial charge on any atom is 0.150 e. The van der Waals surface area contributed by atoms with Crippen LogP contribution >= 0.6 is 0 Å². The van der Waals surface area contributed by atoms with Crippen molar-refractivity contribution in [3.8, 4) is 11.5 Å². The second-order valence-corrected chi connectivity index (χ2v) is 4.54. The van der Waals surface area contributed by atoms with Gasteiger partial charge in [0.1, 0.15) is 23.4 Å². The number of benzene rings is 2. The molecule has 0 aliphatic carbocycles. The van der Waals surface area contributed by atoms with Crippen LogP contribution < -0.4 is 4.74 Å². The zero-order valence-corrected chi connectivity index (χ0v) is 9.88. The number of aliphatic hydroxyl groups is 1. The van der Waals surface area contributed by atoms with Gasteiger partial charge in [-0.05, 0) is 19.1 Å². The fraction of sp³-hybridized carbons (Fsp3) is 0.133. The van der Waals surface area contributed by atoms with Crippen molar-refractivity contribution in [1.29, 1.82) is 0 Å². The molecule has 0 amide bonds. The largest absolute Gasteiger partial charge is 0.457 e. The summed E-state index contributed by atoms with van der Waals surface area (Å²) in [5.41, 5.74) is 0.832. The van der Waals surface area contributed by atoms with E-state index in [9.17, 15) is 9.90 Å². The lowest BCUT2D eigenvalue weighted by atomic mass is 9.85. The highest BCUT2D eigenvalue weighted by molar-refractivity contribution is 5.76. The van der Waals surface area contributed by atoms with Crippen LogP contribution in [0.2, 0.25) is 0 Å². The van der Waals surface area contributed by atoms with Crippen LogP contribution in [-0.4, -0.2) is 11.4 Å². The van der Waals surface area contributed by atoms with Crippen molar-refractivity contribution in [3.63, 3.8) is 0 Å². The van der Waals surface area contributed by atoms with E-state index < -0.39 is 5.60 Å². The summed E-state index contributed by atoms with van der Waals surface area (Å²) in [6, 6.07) is 12.4. The lowest BCUT2D eigenvalue weighted by molar-refractivity contribution is 0.0899. The number of carbonyl (C=O) groups excluding carboxylic acids is 1. The highest BCUT2D eigenvalue weighted by Gasteiger charge is 2.35. The van der Waals surface area contributed by atoms with E-state index in [4.69, 9.17) is 4.74 Å². The third kappa shape index (κ3) is 1.45. The maximum absolute atomic E-state index is 10.8. The van der Waals surface area contributed by atoms with E-state index in [2.05, 4.69) is 0 Å². The molecule has 3 heteroatoms. The number of fused-ring (bicyclic) bond motifs is 2. The van der Waals surface area contributed by atoms with Crippen LogP contribution in [0.3, 0.4) is 0 Å². The normalized spacial score (nSPS) is 20.6. The average Bonchev–Trinajstić information content (AvgIpc) is 2.38. The Bertz CT molecular complexity index is 629. The predicted octanol–water partition coefficient (Wildman–Crippen LogP) is 2.86. The Balaban J connectivity index is 2.24. The minimum atomic E-state index is -1.11. The smallest absolute Gasteiger partial charge is 0.150 e. The molecule has 3 nitrogen and oxygen atoms in total. The fourth-order valence-corrected chi connectivity index (χ4v) is 2.32. The van der Waals surface area contributed by atoms with Gasteiger partial charge in [-0.2, -0.15) is 0 Å². The van der Waals surface area contributed by atoms with E-state index in [1.54, 1.807) is 31.2 Å². The van der Waals surface area contributed by atoms with E-state index >= 15 is 0 Å². The van der Waals surface area contributed by atoms with Crippen LogP contribution in [-0.2, 0) is 5.60 Å². The van der Waals surface area contributed by atoms with Gasteiger partial charge in [0.2, 0.25) is 0 Å². The number of rotatable bonds is 1. The molecule has 0 saturated carbocycles. The van der Waals surface area contributed by atoms with Gasteiger partial charge in [0.25, 0.3) is 0 Å². The second-order valence-electron chi connectivity index (χ2n) is 4.54. The number of para-hydroxylation sites is 1. The fourth-order valence-electron chi connectivity index (χ4n) is 2.32. The van der Waals surface area contributed by atoms with Crippen LogP contribution in [0.4, 0.5) is 0 Å². The third-order valence-electron chi connectivity index (χ3n) is 3.30. The lowest BCUT2D eigenvalue weighted by Crippen LogP contribution is -2.27. The number of hydrogen-bond acceptors (Lipinski definition) is 3. The highest BCUT2D eigenvalue weighted by Crippen LogP contribution is 2.46. The summed E-state index contributed by atoms with van der Waals surface area (Å²) >= 11 is 0. The molecule has 90 valence electrons. The molecule has 18 heavy (non-hydrogen) atoms. The standard InChI is InChI=1S/C15H12O3/c1-15(17)11-4-2-3-5-13(11)18-14-8-10(9-16)6-7-12(14)15/h2-9,17H,1H3. The first-order chi connectivity index (χ1) is 8.63. The van der Waals surface area contributed by atoms with Crippen LogP contribution in [0.15, 0.2) is 42.5 Å². The van der Waals surface area contributed by atoms with Gasteiger partial charge in [0.15, 0.2) is 0 Å². The molecule has 0 aromatic heterocycles. The van der Waals surface area contributed by atoms with Gasteiger partial charge in [0, 0.05) is 16.7 Å². The summed E-state index contributed by atoms with van der Waals surface area (Å²) in [5.74, 6) is 1.15. The maximum atomic E-state index is 10.8. The van der Waals surface area contributed by atoms with Crippen molar-refractivity contribution in [3.05, 3.63) is 59.2 Å². The average molecular weight is 240 g/mol. The molecule has 0 saturated heterocycles. The molecule has 1 N–H and O–H groups in total. The Kier molecular flexibility index (Phi) is 2.25. The van der Waals surface area contributed by atoms with Gasteiger partial charge in [-0.1, -0.05) is 30.3 Å². The third-order valence-corrected chi connectivity index (χ3v) is 3.30. The Morgan fingerprint density at radius 1 is 1.11 bits per heavy atom. The quantitative estimate of drug-likeness (QED) is 0.779. The first-order valence-electron chi connectivity index (χ1n) is 5.72. The molecule has 0 bridgehead atoms. The molecular formula is C15H12O3. The van der Waals surface area contributed by atoms with Crippen molar-refractivity contribution in [2.24, 2.45) is 0 Å². The Hall–Kier alpha value is -2.13. The summed E-state index contributed by atoms with van der Waals surface area (Å²) in [6.45, 7) is 1.73. The minimum absolute atomic E-state index is 0.531. The van der Waals surface area contributed by atoms with E-state index in [0.717, 1.165) is 11.8 Å². The molecule has 2 aromatic carbocycles. The summed E-state index contributed by atoms with van der Waals surface area (Å²) in [6.07, 6.45) is 0.763. The second kappa shape index (κ2) is 3.68. The van der Waals surface area contributed by atoms with Gasteiger partial charge in [0.05, 0.1) is 0 Å². The lowest BCUT2D eigenvalue weighted by Gasteiger charge is -2.33. The van der Waals surface area contributed by atoms with Crippen LogP contribution in [0.1, 0.15) is 28.4 Å². The SMILES string of the molecule is CC1(O)c2ccccc2Oc2cc(C=O)ccc21. The van der Waals surface area contributed by atoms with Gasteiger partial charge >= 0.3 is 0 Å². The first kappa shape index (κ1) is 11.0. The number of aldehydes is 1. The summed E-state index contributed by atoms with van der Waals surface area (Å²) in [4.78, 5) is 10.8. The van der Waals surface area contributed by atoms with E-state index in [0.29, 0.717) is 22.6 Å². The van der Waals surface area contributed by atoms with Crippen LogP contribution in [0, 0.1) is 0 Å². The zero-order valence-electron chi connectivity index (χ0n) is 9.88. The molecule has 1 unspecified atom stereocenters. The first-order valence-corrected chi connectivity index (χ1v) is 5.72. The van der Waals surface area contributed by atoms with E-state index in [-0.39, 0.29) is 0 Å². The van der Waals surface area contributed by atoms with Crippen molar-refractivity contribution in [1.82, 2.24) is 0 Å². The monoisotopic (exact) mass is 240 g/mol. The highest BCUT2D eigenvalue weighted by atomic mass is 16.5. The number of hydrogen-bond donors (Lipinski definition) is 1. The van der Waals surface area contributed by atoms with Gasteiger partial charge < -0.3 is 9.84 Å². The molecule has 1 atom stereocenters. The summed E-state index contributed by atoms with van der Waals surface area (Å²) in [5, 5.41) is 10.7. The zero-order chi connectivity index (χ0) is 12.8. The predicted molar refractivity (Wildman–Crippen MR) is 67.0 cm³/mol.